The van der Waals surface area contributed by atoms with E-state index in [-0.39, 0.29) is 0 Å². The van der Waals surface area contributed by atoms with Crippen molar-refractivity contribution in [3.8, 4) is 5.75 Å². The van der Waals surface area contributed by atoms with E-state index in [4.69, 9.17) is 9.47 Å². The highest BCUT2D eigenvalue weighted by atomic mass is 16.6. The van der Waals surface area contributed by atoms with Crippen molar-refractivity contribution >= 4 is 17.0 Å². The molecule has 29 heavy (non-hydrogen) atoms. The predicted molar refractivity (Wildman–Crippen MR) is 105 cm³/mol. The Balaban J connectivity index is 1.55. The van der Waals surface area contributed by atoms with Gasteiger partial charge >= 0.3 is 0 Å². The number of nitrogens with one attached hydrogen (secondary N) is 2. The number of aliphatic hydroxyl groups is 2. The van der Waals surface area contributed by atoms with Crippen molar-refractivity contribution in [2.24, 2.45) is 0 Å². The Morgan fingerprint density at radius 3 is 2.66 bits per heavy atom. The van der Waals surface area contributed by atoms with Gasteiger partial charge in [0.05, 0.1) is 13.4 Å². The molecule has 4 rings (SSSR count). The number of nitrogens with zero attached hydrogens (tertiary/aromatic N) is 4. The third-order valence-corrected chi connectivity index (χ3v) is 4.99. The number of imidazole rings is 1. The van der Waals surface area contributed by atoms with Crippen LogP contribution in [-0.4, -0.2) is 68.7 Å². The van der Waals surface area contributed by atoms with Crippen molar-refractivity contribution in [2.75, 3.05) is 26.0 Å². The summed E-state index contributed by atoms with van der Waals surface area (Å²) in [6, 6.07) is 7.73. The molecule has 1 fully saturated rings. The van der Waals surface area contributed by atoms with Crippen LogP contribution in [0.2, 0.25) is 0 Å². The summed E-state index contributed by atoms with van der Waals surface area (Å²) in [6.07, 6.45) is -0.416. The zero-order valence-electron chi connectivity index (χ0n) is 16.2. The molecule has 0 radical (unpaired) electrons. The monoisotopic (exact) mass is 400 g/mol. The molecule has 0 amide bonds. The van der Waals surface area contributed by atoms with Crippen molar-refractivity contribution in [3.63, 3.8) is 0 Å². The fourth-order valence-corrected chi connectivity index (χ4v) is 3.43. The molecule has 0 saturated carbocycles. The van der Waals surface area contributed by atoms with Crippen molar-refractivity contribution < 1.29 is 19.7 Å². The lowest BCUT2D eigenvalue weighted by Gasteiger charge is -2.16. The number of hydrogen-bond donors (Lipinski definition) is 4. The number of fused-ring (bicyclic) bond motifs is 1. The van der Waals surface area contributed by atoms with Gasteiger partial charge in [0.2, 0.25) is 0 Å². The number of likely N-dealkylation sites (N-methyl/N-ethyl adjacent to an activating group) is 1. The highest BCUT2D eigenvalue weighted by molar-refractivity contribution is 5.82. The van der Waals surface area contributed by atoms with E-state index in [0.717, 1.165) is 11.3 Å². The lowest BCUT2D eigenvalue weighted by Crippen LogP contribution is -2.36. The van der Waals surface area contributed by atoms with E-state index in [9.17, 15) is 10.2 Å². The molecule has 0 bridgehead atoms. The van der Waals surface area contributed by atoms with E-state index in [1.165, 1.54) is 6.33 Å². The van der Waals surface area contributed by atoms with Gasteiger partial charge in [-0.15, -0.1) is 0 Å². The van der Waals surface area contributed by atoms with Crippen LogP contribution in [0.3, 0.4) is 0 Å². The first-order valence-corrected chi connectivity index (χ1v) is 9.33. The van der Waals surface area contributed by atoms with E-state index in [2.05, 4.69) is 25.6 Å². The highest BCUT2D eigenvalue weighted by Gasteiger charge is 2.43. The van der Waals surface area contributed by atoms with E-state index in [1.54, 1.807) is 25.1 Å². The Kier molecular flexibility index (Phi) is 5.58. The second-order valence-electron chi connectivity index (χ2n) is 6.85. The van der Waals surface area contributed by atoms with Gasteiger partial charge in [-0.05, 0) is 24.7 Å². The Hall–Kier alpha value is -2.79. The van der Waals surface area contributed by atoms with Crippen LogP contribution < -0.4 is 15.4 Å². The Bertz CT molecular complexity index is 963. The van der Waals surface area contributed by atoms with Gasteiger partial charge in [-0.25, -0.2) is 15.0 Å². The molecule has 4 N–H and O–H groups in total. The maximum atomic E-state index is 10.4. The zero-order chi connectivity index (χ0) is 20.4. The number of rotatable bonds is 7. The molecule has 10 heteroatoms. The quantitative estimate of drug-likeness (QED) is 0.442. The summed E-state index contributed by atoms with van der Waals surface area (Å²) in [5, 5.41) is 26.9. The van der Waals surface area contributed by atoms with Gasteiger partial charge in [-0.3, -0.25) is 4.57 Å². The summed E-state index contributed by atoms with van der Waals surface area (Å²) in [7, 11) is 3.39. The molecular weight excluding hydrogens is 376 g/mol. The molecule has 10 nitrogen and oxygen atoms in total. The van der Waals surface area contributed by atoms with Crippen LogP contribution in [0.4, 0.5) is 5.82 Å². The summed E-state index contributed by atoms with van der Waals surface area (Å²) in [5.41, 5.74) is 2.13. The van der Waals surface area contributed by atoms with E-state index in [1.807, 2.05) is 24.3 Å². The van der Waals surface area contributed by atoms with Gasteiger partial charge in [-0.1, -0.05) is 12.1 Å². The van der Waals surface area contributed by atoms with Crippen LogP contribution in [-0.2, 0) is 11.3 Å². The van der Waals surface area contributed by atoms with Gasteiger partial charge in [0.25, 0.3) is 0 Å². The standard InChI is InChI=1S/C19H24N6O4/c1-20-8-13-15(26)16(27)19(29-13)25-10-24-14-17(22-9-23-18(14)25)21-7-11-3-5-12(28-2)6-4-11/h3-6,9-10,13,15-16,19-20,26-27H,7-8H2,1-2H3,(H,21,22,23)/t13-,15?,16+,19-/m1/s1. The number of aliphatic hydroxyl groups excluding tert-OH is 2. The smallest absolute Gasteiger partial charge is 0.167 e. The largest absolute Gasteiger partial charge is 0.497 e. The second-order valence-corrected chi connectivity index (χ2v) is 6.85. The summed E-state index contributed by atoms with van der Waals surface area (Å²) >= 11 is 0. The van der Waals surface area contributed by atoms with Crippen LogP contribution in [0.15, 0.2) is 36.9 Å². The molecular formula is C19H24N6O4. The van der Waals surface area contributed by atoms with Gasteiger partial charge in [-0.2, -0.15) is 0 Å². The lowest BCUT2D eigenvalue weighted by atomic mass is 10.1. The van der Waals surface area contributed by atoms with Gasteiger partial charge in [0.15, 0.2) is 23.2 Å². The first-order chi connectivity index (χ1) is 14.1. The SMILES string of the molecule is CNC[C@H]1O[C@@H](n2cnc3c(NCc4ccc(OC)cc4)ncnc32)[C@@H](O)C1O. The summed E-state index contributed by atoms with van der Waals surface area (Å²) in [4.78, 5) is 13.0. The predicted octanol–water partition coefficient (Wildman–Crippen LogP) is 0.286. The average Bonchev–Trinajstić information content (AvgIpc) is 3.29. The van der Waals surface area contributed by atoms with Crippen molar-refractivity contribution in [3.05, 3.63) is 42.5 Å². The first kappa shape index (κ1) is 19.5. The van der Waals surface area contributed by atoms with Crippen LogP contribution >= 0.6 is 0 Å². The Morgan fingerprint density at radius 1 is 1.14 bits per heavy atom. The summed E-state index contributed by atoms with van der Waals surface area (Å²) < 4.78 is 12.6. The molecule has 0 spiro atoms. The maximum Gasteiger partial charge on any atom is 0.167 e. The highest BCUT2D eigenvalue weighted by Crippen LogP contribution is 2.32. The van der Waals surface area contributed by atoms with Crippen LogP contribution in [0, 0.1) is 0 Å². The first-order valence-electron chi connectivity index (χ1n) is 9.33. The zero-order valence-corrected chi connectivity index (χ0v) is 16.2. The Labute approximate surface area is 167 Å². The number of benzene rings is 1. The molecule has 1 aliphatic rings. The molecule has 2 aromatic heterocycles. The minimum atomic E-state index is -1.09. The molecule has 154 valence electrons. The van der Waals surface area contributed by atoms with Crippen molar-refractivity contribution in [1.82, 2.24) is 24.8 Å². The van der Waals surface area contributed by atoms with Gasteiger partial charge in [0.1, 0.15) is 30.4 Å². The molecule has 0 aliphatic carbocycles. The lowest BCUT2D eigenvalue weighted by molar-refractivity contribution is -0.0337. The van der Waals surface area contributed by atoms with E-state index in [0.29, 0.717) is 30.1 Å². The molecule has 1 aromatic carbocycles. The Morgan fingerprint density at radius 2 is 1.93 bits per heavy atom. The summed E-state index contributed by atoms with van der Waals surface area (Å²) in [5.74, 6) is 1.37. The van der Waals surface area contributed by atoms with Crippen molar-refractivity contribution in [1.29, 1.82) is 0 Å². The molecule has 4 atom stereocenters. The second kappa shape index (κ2) is 8.29. The third kappa shape index (κ3) is 3.75. The number of aromatic nitrogens is 4. The fourth-order valence-electron chi connectivity index (χ4n) is 3.43. The average molecular weight is 400 g/mol. The third-order valence-electron chi connectivity index (χ3n) is 4.99. The minimum absolute atomic E-state index is 0.422. The van der Waals surface area contributed by atoms with Crippen molar-refractivity contribution in [2.45, 2.75) is 31.1 Å². The minimum Gasteiger partial charge on any atom is -0.497 e. The van der Waals surface area contributed by atoms with Crippen LogP contribution in [0.1, 0.15) is 11.8 Å². The maximum absolute atomic E-state index is 10.4. The van der Waals surface area contributed by atoms with E-state index < -0.39 is 24.5 Å². The van der Waals surface area contributed by atoms with Crippen LogP contribution in [0.5, 0.6) is 5.75 Å². The number of hydrogen-bond acceptors (Lipinski definition) is 9. The fraction of sp³-hybridized carbons (Fsp3) is 0.421. The normalized spacial score (nSPS) is 24.1. The van der Waals surface area contributed by atoms with Gasteiger partial charge in [0, 0.05) is 13.1 Å². The molecule has 1 aliphatic heterocycles. The topological polar surface area (TPSA) is 127 Å². The number of anilines is 1. The number of methoxy groups -OCH3 is 1. The van der Waals surface area contributed by atoms with Crippen LogP contribution in [0.25, 0.3) is 11.2 Å². The molecule has 3 aromatic rings. The molecule has 1 saturated heterocycles. The van der Waals surface area contributed by atoms with E-state index >= 15 is 0 Å². The van der Waals surface area contributed by atoms with Gasteiger partial charge < -0.3 is 30.3 Å². The molecule has 1 unspecified atom stereocenters. The summed E-state index contributed by atoms with van der Waals surface area (Å²) in [6.45, 7) is 0.972. The molecule has 3 heterocycles. The number of ether oxygens (including phenoxy) is 2.